The first kappa shape index (κ1) is 18.1. The molecule has 0 fully saturated rings. The van der Waals surface area contributed by atoms with Gasteiger partial charge in [-0.25, -0.2) is 0 Å². The highest BCUT2D eigenvalue weighted by Crippen LogP contribution is 2.34. The summed E-state index contributed by atoms with van der Waals surface area (Å²) < 4.78 is 11.4. The van der Waals surface area contributed by atoms with Gasteiger partial charge in [-0.15, -0.1) is 0 Å². The average Bonchev–Trinajstić information content (AvgIpc) is 2.42. The Labute approximate surface area is 134 Å². The van der Waals surface area contributed by atoms with E-state index < -0.39 is 0 Å². The maximum absolute atomic E-state index is 6.35. The molecule has 21 heavy (non-hydrogen) atoms. The van der Waals surface area contributed by atoms with Crippen LogP contribution in [0.2, 0.25) is 5.02 Å². The van der Waals surface area contributed by atoms with Crippen molar-refractivity contribution in [3.8, 4) is 11.5 Å². The van der Waals surface area contributed by atoms with Crippen LogP contribution in [0, 0.1) is 0 Å². The van der Waals surface area contributed by atoms with Crippen LogP contribution in [0.1, 0.15) is 52.5 Å². The van der Waals surface area contributed by atoms with Crippen LogP contribution in [-0.4, -0.2) is 19.3 Å². The predicted molar refractivity (Wildman–Crippen MR) is 89.6 cm³/mol. The normalized spacial score (nSPS) is 11.0. The molecule has 1 rings (SSSR count). The molecule has 0 unspecified atom stereocenters. The van der Waals surface area contributed by atoms with Crippen LogP contribution in [0.3, 0.4) is 0 Å². The maximum Gasteiger partial charge on any atom is 0.163 e. The van der Waals surface area contributed by atoms with E-state index in [0.717, 1.165) is 29.4 Å². The summed E-state index contributed by atoms with van der Waals surface area (Å²) in [6.45, 7) is 10.5. The lowest BCUT2D eigenvalue weighted by Gasteiger charge is -2.17. The molecule has 1 aromatic rings. The molecule has 3 nitrogen and oxygen atoms in total. The van der Waals surface area contributed by atoms with Crippen molar-refractivity contribution in [2.45, 2.75) is 59.6 Å². The van der Waals surface area contributed by atoms with Gasteiger partial charge in [0.25, 0.3) is 0 Å². The average molecular weight is 314 g/mol. The summed E-state index contributed by atoms with van der Waals surface area (Å²) in [7, 11) is 0. The largest absolute Gasteiger partial charge is 0.490 e. The van der Waals surface area contributed by atoms with Crippen molar-refractivity contribution in [1.82, 2.24) is 5.32 Å². The van der Waals surface area contributed by atoms with Crippen LogP contribution in [0.25, 0.3) is 0 Å². The highest BCUT2D eigenvalue weighted by Gasteiger charge is 2.12. The minimum atomic E-state index is 0.0956. The SMILES string of the molecule is CCCCCNCc1cc(OCC)c(OC(C)C)cc1Cl. The van der Waals surface area contributed by atoms with Crippen LogP contribution in [0.15, 0.2) is 12.1 Å². The van der Waals surface area contributed by atoms with Gasteiger partial charge in [0.2, 0.25) is 0 Å². The Morgan fingerprint density at radius 3 is 2.52 bits per heavy atom. The summed E-state index contributed by atoms with van der Waals surface area (Å²) in [5.74, 6) is 1.48. The molecule has 0 heterocycles. The molecule has 0 aliphatic carbocycles. The Morgan fingerprint density at radius 2 is 1.90 bits per heavy atom. The zero-order valence-corrected chi connectivity index (χ0v) is 14.4. The van der Waals surface area contributed by atoms with Crippen LogP contribution >= 0.6 is 11.6 Å². The first-order valence-electron chi connectivity index (χ1n) is 7.91. The van der Waals surface area contributed by atoms with E-state index in [1.807, 2.05) is 32.9 Å². The van der Waals surface area contributed by atoms with Crippen molar-refractivity contribution >= 4 is 11.6 Å². The second-order valence-electron chi connectivity index (χ2n) is 5.37. The number of rotatable bonds is 10. The van der Waals surface area contributed by atoms with Crippen LogP contribution in [-0.2, 0) is 6.54 Å². The number of unbranched alkanes of at least 4 members (excludes halogenated alkanes) is 2. The Kier molecular flexibility index (Phi) is 8.55. The zero-order valence-electron chi connectivity index (χ0n) is 13.7. The van der Waals surface area contributed by atoms with E-state index in [4.69, 9.17) is 21.1 Å². The Hall–Kier alpha value is -0.930. The molecule has 0 bridgehead atoms. The molecule has 0 saturated carbocycles. The Balaban J connectivity index is 2.73. The summed E-state index contributed by atoms with van der Waals surface area (Å²) in [4.78, 5) is 0. The monoisotopic (exact) mass is 313 g/mol. The number of hydrogen-bond acceptors (Lipinski definition) is 3. The number of hydrogen-bond donors (Lipinski definition) is 1. The van der Waals surface area contributed by atoms with Crippen molar-refractivity contribution in [3.63, 3.8) is 0 Å². The highest BCUT2D eigenvalue weighted by atomic mass is 35.5. The second kappa shape index (κ2) is 9.91. The van der Waals surface area contributed by atoms with E-state index in [1.165, 1.54) is 19.3 Å². The Bertz CT molecular complexity index is 421. The third-order valence-corrected chi connectivity index (χ3v) is 3.40. The minimum absolute atomic E-state index is 0.0956. The van der Waals surface area contributed by atoms with Gasteiger partial charge in [-0.3, -0.25) is 0 Å². The third kappa shape index (κ3) is 6.58. The molecule has 1 aromatic carbocycles. The van der Waals surface area contributed by atoms with Gasteiger partial charge < -0.3 is 14.8 Å². The van der Waals surface area contributed by atoms with Crippen molar-refractivity contribution in [3.05, 3.63) is 22.7 Å². The molecule has 1 N–H and O–H groups in total. The molecule has 0 spiro atoms. The maximum atomic E-state index is 6.35. The van der Waals surface area contributed by atoms with Crippen molar-refractivity contribution in [1.29, 1.82) is 0 Å². The minimum Gasteiger partial charge on any atom is -0.490 e. The van der Waals surface area contributed by atoms with Gasteiger partial charge in [0, 0.05) is 17.6 Å². The molecule has 0 amide bonds. The van der Waals surface area contributed by atoms with Gasteiger partial charge in [0.1, 0.15) is 0 Å². The third-order valence-electron chi connectivity index (χ3n) is 3.05. The number of nitrogens with one attached hydrogen (secondary N) is 1. The lowest BCUT2D eigenvalue weighted by atomic mass is 10.2. The van der Waals surface area contributed by atoms with E-state index in [-0.39, 0.29) is 6.10 Å². The van der Waals surface area contributed by atoms with Crippen molar-refractivity contribution in [2.75, 3.05) is 13.2 Å². The smallest absolute Gasteiger partial charge is 0.163 e. The van der Waals surface area contributed by atoms with Crippen LogP contribution in [0.5, 0.6) is 11.5 Å². The van der Waals surface area contributed by atoms with Crippen LogP contribution < -0.4 is 14.8 Å². The lowest BCUT2D eigenvalue weighted by Crippen LogP contribution is -2.15. The molecule has 0 radical (unpaired) electrons. The Morgan fingerprint density at radius 1 is 1.14 bits per heavy atom. The predicted octanol–water partition coefficient (Wildman–Crippen LogP) is 4.81. The standard InChI is InChI=1S/C17H28ClNO2/c1-5-7-8-9-19-12-14-10-16(20-6-2)17(11-15(14)18)21-13(3)4/h10-11,13,19H,5-9,12H2,1-4H3. The summed E-state index contributed by atoms with van der Waals surface area (Å²) in [6, 6.07) is 3.84. The summed E-state index contributed by atoms with van der Waals surface area (Å²) in [5, 5.41) is 4.15. The number of halogens is 1. The number of ether oxygens (including phenoxy) is 2. The fourth-order valence-electron chi connectivity index (χ4n) is 2.05. The first-order valence-corrected chi connectivity index (χ1v) is 8.28. The summed E-state index contributed by atoms with van der Waals surface area (Å²) in [5.41, 5.74) is 1.05. The second-order valence-corrected chi connectivity index (χ2v) is 5.78. The van der Waals surface area contributed by atoms with E-state index in [2.05, 4.69) is 12.2 Å². The van der Waals surface area contributed by atoms with Gasteiger partial charge in [-0.1, -0.05) is 31.4 Å². The van der Waals surface area contributed by atoms with E-state index in [0.29, 0.717) is 12.4 Å². The molecular weight excluding hydrogens is 286 g/mol. The first-order chi connectivity index (χ1) is 10.1. The topological polar surface area (TPSA) is 30.5 Å². The number of benzene rings is 1. The van der Waals surface area contributed by atoms with Gasteiger partial charge in [-0.2, -0.15) is 0 Å². The molecule has 0 aromatic heterocycles. The summed E-state index contributed by atoms with van der Waals surface area (Å²) >= 11 is 6.35. The van der Waals surface area contributed by atoms with Crippen molar-refractivity contribution < 1.29 is 9.47 Å². The quantitative estimate of drug-likeness (QED) is 0.629. The summed E-state index contributed by atoms with van der Waals surface area (Å²) in [6.07, 6.45) is 3.78. The van der Waals surface area contributed by atoms with Crippen molar-refractivity contribution in [2.24, 2.45) is 0 Å². The van der Waals surface area contributed by atoms with Gasteiger partial charge in [0.05, 0.1) is 12.7 Å². The molecule has 0 atom stereocenters. The van der Waals surface area contributed by atoms with Gasteiger partial charge in [0.15, 0.2) is 11.5 Å². The fraction of sp³-hybridized carbons (Fsp3) is 0.647. The van der Waals surface area contributed by atoms with E-state index in [9.17, 15) is 0 Å². The van der Waals surface area contributed by atoms with E-state index >= 15 is 0 Å². The zero-order chi connectivity index (χ0) is 15.7. The van der Waals surface area contributed by atoms with Crippen LogP contribution in [0.4, 0.5) is 0 Å². The molecule has 0 aliphatic rings. The molecule has 4 heteroatoms. The van der Waals surface area contributed by atoms with E-state index in [1.54, 1.807) is 0 Å². The molecule has 0 aliphatic heterocycles. The molecule has 120 valence electrons. The molecular formula is C17H28ClNO2. The van der Waals surface area contributed by atoms with Gasteiger partial charge >= 0.3 is 0 Å². The fourth-order valence-corrected chi connectivity index (χ4v) is 2.27. The lowest BCUT2D eigenvalue weighted by molar-refractivity contribution is 0.223. The highest BCUT2D eigenvalue weighted by molar-refractivity contribution is 6.31. The molecule has 0 saturated heterocycles. The van der Waals surface area contributed by atoms with Gasteiger partial charge in [-0.05, 0) is 45.4 Å².